The molecule has 0 aliphatic rings. The first-order valence-corrected chi connectivity index (χ1v) is 20.4. The van der Waals surface area contributed by atoms with Crippen molar-refractivity contribution in [1.29, 1.82) is 0 Å². The fourth-order valence-electron chi connectivity index (χ4n) is 5.42. The Morgan fingerprint density at radius 1 is 0.378 bits per heavy atom. The predicted molar refractivity (Wildman–Crippen MR) is 215 cm³/mol. The van der Waals surface area contributed by atoms with Crippen LogP contribution in [0.4, 0.5) is 0 Å². The number of nitrogens with zero attached hydrogens (tertiary/aromatic N) is 2. The number of rotatable bonds is 28. The van der Waals surface area contributed by atoms with Crippen molar-refractivity contribution in [1.82, 2.24) is 9.80 Å². The van der Waals surface area contributed by atoms with E-state index in [9.17, 15) is 0 Å². The first kappa shape index (κ1) is 50.2. The third kappa shape index (κ3) is 40.9. The van der Waals surface area contributed by atoms with Crippen molar-refractivity contribution in [2.45, 2.75) is 184 Å². The van der Waals surface area contributed by atoms with Crippen LogP contribution < -0.4 is 0 Å². The smallest absolute Gasteiger partial charge is 0.411 e. The van der Waals surface area contributed by atoms with E-state index < -0.39 is 0 Å². The fraction of sp³-hybridized carbons (Fsp3) is 0.947. The summed E-state index contributed by atoms with van der Waals surface area (Å²) in [5.41, 5.74) is 0. The largest absolute Gasteiger partial charge is 2.00 e. The fourth-order valence-corrected chi connectivity index (χ4v) is 6.15. The molecule has 0 rings (SSSR count). The van der Waals surface area contributed by atoms with Gasteiger partial charge in [0, 0.05) is 26.2 Å². The predicted octanol–water partition coefficient (Wildman–Crippen LogP) is 12.7. The summed E-state index contributed by atoms with van der Waals surface area (Å²) in [6, 6.07) is 0. The van der Waals surface area contributed by atoms with Crippen molar-refractivity contribution in [2.75, 3.05) is 26.2 Å². The van der Waals surface area contributed by atoms with Crippen LogP contribution in [0.25, 0.3) is 0 Å². The second-order valence-corrected chi connectivity index (χ2v) is 17.0. The molecule has 45 heavy (non-hydrogen) atoms. The first-order chi connectivity index (χ1) is 20.9. The van der Waals surface area contributed by atoms with Gasteiger partial charge in [0.05, 0.1) is 0 Å². The number of unbranched alkanes of at least 4 members (excludes halogenated alkanes) is 12. The molecule has 264 valence electrons. The van der Waals surface area contributed by atoms with Crippen molar-refractivity contribution in [3.8, 4) is 0 Å². The summed E-state index contributed by atoms with van der Waals surface area (Å²) in [5, 5.41) is 0. The van der Waals surface area contributed by atoms with Crippen molar-refractivity contribution >= 4 is 58.3 Å². The second-order valence-electron chi connectivity index (χ2n) is 14.9. The zero-order valence-corrected chi connectivity index (χ0v) is 37.7. The van der Waals surface area contributed by atoms with E-state index in [2.05, 4.69) is 65.2 Å². The minimum absolute atomic E-state index is 0. The van der Waals surface area contributed by atoms with Crippen LogP contribution in [0.2, 0.25) is 0 Å². The van der Waals surface area contributed by atoms with Crippen LogP contribution in [0.15, 0.2) is 0 Å². The van der Waals surface area contributed by atoms with Gasteiger partial charge in [-0.1, -0.05) is 167 Å². The maximum Gasteiger partial charge on any atom is 2.00 e. The molecule has 0 aliphatic heterocycles. The van der Waals surface area contributed by atoms with Gasteiger partial charge in [-0.15, -0.1) is 0 Å². The molecule has 0 heterocycles. The summed E-state index contributed by atoms with van der Waals surface area (Å²) >= 11 is 20.9. The molecule has 7 heteroatoms. The van der Waals surface area contributed by atoms with E-state index in [0.717, 1.165) is 49.9 Å². The molecule has 0 aromatic rings. The Balaban J connectivity index is -0.000000767. The van der Waals surface area contributed by atoms with Crippen molar-refractivity contribution < 1.29 is 19.5 Å². The van der Waals surface area contributed by atoms with Crippen LogP contribution in [-0.2, 0) is 44.7 Å². The molecule has 0 bridgehead atoms. The van der Waals surface area contributed by atoms with E-state index in [0.29, 0.717) is 8.64 Å². The van der Waals surface area contributed by atoms with Gasteiger partial charge in [-0.25, -0.2) is 0 Å². The number of hydrogen-bond acceptors (Lipinski definition) is 4. The maximum atomic E-state index is 5.23. The van der Waals surface area contributed by atoms with Gasteiger partial charge in [-0.2, -0.15) is 0 Å². The Hall–Kier alpha value is 0.843. The van der Waals surface area contributed by atoms with Gasteiger partial charge in [0.25, 0.3) is 0 Å². The van der Waals surface area contributed by atoms with Gasteiger partial charge in [0.2, 0.25) is 0 Å². The van der Waals surface area contributed by atoms with Crippen LogP contribution in [-0.4, -0.2) is 44.6 Å². The zero-order chi connectivity index (χ0) is 33.6. The van der Waals surface area contributed by atoms with Crippen LogP contribution >= 0.6 is 24.4 Å². The molecule has 0 saturated heterocycles. The van der Waals surface area contributed by atoms with Crippen LogP contribution in [0.3, 0.4) is 0 Å². The first-order valence-electron chi connectivity index (χ1n) is 18.8. The monoisotopic (exact) mass is 752 g/mol. The summed E-state index contributed by atoms with van der Waals surface area (Å²) in [6.07, 6.45) is 26.5. The molecule has 0 aromatic carbocycles. The van der Waals surface area contributed by atoms with Crippen LogP contribution in [0.1, 0.15) is 184 Å². The Bertz CT molecular complexity index is 549. The van der Waals surface area contributed by atoms with E-state index in [1.807, 2.05) is 0 Å². The Morgan fingerprint density at radius 3 is 0.711 bits per heavy atom. The van der Waals surface area contributed by atoms with E-state index >= 15 is 0 Å². The summed E-state index contributed by atoms with van der Waals surface area (Å²) in [7, 11) is 0. The Labute approximate surface area is 319 Å². The minimum atomic E-state index is 0. The molecule has 0 radical (unpaired) electrons. The van der Waals surface area contributed by atoms with Crippen LogP contribution in [0.5, 0.6) is 0 Å². The van der Waals surface area contributed by atoms with E-state index in [4.69, 9.17) is 49.7 Å². The molecule has 0 amide bonds. The molecular formula is C38H76N2S4Zn. The summed E-state index contributed by atoms with van der Waals surface area (Å²) < 4.78 is 1.34. The maximum absolute atomic E-state index is 5.23. The third-order valence-electron chi connectivity index (χ3n) is 8.35. The Kier molecular flexibility index (Phi) is 40.3. The van der Waals surface area contributed by atoms with Gasteiger partial charge in [-0.3, -0.25) is 0 Å². The molecule has 0 spiro atoms. The van der Waals surface area contributed by atoms with Gasteiger partial charge in [-0.05, 0) is 49.4 Å². The van der Waals surface area contributed by atoms with Gasteiger partial charge < -0.3 is 59.5 Å². The molecule has 2 nitrogen and oxygen atoms in total. The molecule has 0 fully saturated rings. The average Bonchev–Trinajstić information content (AvgIpc) is 2.93. The standard InChI is InChI=1S/2C19H39NS2.Zn/c2*1-17(2)13-9-5-7-11-15-20(19(21)22)16-12-8-6-10-14-18(3)4;/h2*17-18H,5-16H2,1-4H3,(H,21,22);/q;;+2/p-2. The summed E-state index contributed by atoms with van der Waals surface area (Å²) in [6.45, 7) is 22.7. The van der Waals surface area contributed by atoms with E-state index in [-0.39, 0.29) is 19.5 Å². The Morgan fingerprint density at radius 2 is 0.556 bits per heavy atom. The normalized spacial score (nSPS) is 11.1. The SMILES string of the molecule is CC(C)CCCCCCN(CCCCCCC(C)C)C(=S)[S-].CC(C)CCCCCCN(CCCCCCC(C)C)C(=S)[S-].[Zn+2]. The minimum Gasteiger partial charge on any atom is -0.411 e. The van der Waals surface area contributed by atoms with Crippen LogP contribution in [0, 0.1) is 23.7 Å². The molecular weight excluding hydrogens is 678 g/mol. The molecule has 0 aromatic heterocycles. The van der Waals surface area contributed by atoms with Crippen molar-refractivity contribution in [3.63, 3.8) is 0 Å². The average molecular weight is 755 g/mol. The van der Waals surface area contributed by atoms with Crippen molar-refractivity contribution in [3.05, 3.63) is 0 Å². The summed E-state index contributed by atoms with van der Waals surface area (Å²) in [4.78, 5) is 4.49. The second kappa shape index (κ2) is 36.1. The zero-order valence-electron chi connectivity index (χ0n) is 31.5. The van der Waals surface area contributed by atoms with E-state index in [1.54, 1.807) is 0 Å². The third-order valence-corrected chi connectivity index (χ3v) is 9.39. The molecule has 0 saturated carbocycles. The van der Waals surface area contributed by atoms with Gasteiger partial charge in [0.1, 0.15) is 0 Å². The summed E-state index contributed by atoms with van der Waals surface area (Å²) in [5.74, 6) is 3.36. The molecule has 0 N–H and O–H groups in total. The molecule has 0 aliphatic carbocycles. The quantitative estimate of drug-likeness (QED) is 0.0337. The topological polar surface area (TPSA) is 6.48 Å². The van der Waals surface area contributed by atoms with Gasteiger partial charge >= 0.3 is 19.5 Å². The van der Waals surface area contributed by atoms with Crippen molar-refractivity contribution in [2.24, 2.45) is 23.7 Å². The number of hydrogen-bond donors (Lipinski definition) is 0. The van der Waals surface area contributed by atoms with E-state index in [1.165, 1.54) is 128 Å². The molecule has 0 atom stereocenters. The molecule has 0 unspecified atom stereocenters. The number of thiocarbonyl (C=S) groups is 2. The van der Waals surface area contributed by atoms with Gasteiger partial charge in [0.15, 0.2) is 0 Å².